The van der Waals surface area contributed by atoms with Crippen LogP contribution in [-0.2, 0) is 19.0 Å². The molecule has 0 saturated carbocycles. The topological polar surface area (TPSA) is 135 Å². The normalized spacial score (nSPS) is 12.6. The number of carbonyl (C=O) groups is 4. The highest BCUT2D eigenvalue weighted by atomic mass is 32.1. The Morgan fingerprint density at radius 1 is 0.778 bits per heavy atom. The van der Waals surface area contributed by atoms with E-state index in [1.54, 1.807) is 67.2 Å². The lowest BCUT2D eigenvalue weighted by molar-refractivity contribution is -0.109. The van der Waals surface area contributed by atoms with Crippen molar-refractivity contribution < 1.29 is 33.4 Å². The first-order chi connectivity index (χ1) is 16.3. The molecule has 12 heteroatoms. The molecule has 36 heavy (non-hydrogen) atoms. The molecule has 0 unspecified atom stereocenters. The Balaban J connectivity index is 4.98. The first-order valence-electron chi connectivity index (χ1n) is 12.0. The van der Waals surface area contributed by atoms with Crippen molar-refractivity contribution in [1.29, 1.82) is 0 Å². The maximum atomic E-state index is 12.0. The van der Waals surface area contributed by atoms with Crippen molar-refractivity contribution in [1.82, 2.24) is 20.9 Å². The summed E-state index contributed by atoms with van der Waals surface area (Å²) in [4.78, 5) is 49.7. The minimum absolute atomic E-state index is 0.245. The van der Waals surface area contributed by atoms with Crippen LogP contribution in [0, 0.1) is 0 Å². The van der Waals surface area contributed by atoms with Gasteiger partial charge in [-0.05, 0) is 68.7 Å². The maximum absolute atomic E-state index is 12.0. The molecule has 0 aromatic rings. The summed E-state index contributed by atoms with van der Waals surface area (Å²) in [5.74, 6) is 0. The van der Waals surface area contributed by atoms with Gasteiger partial charge in [0, 0.05) is 32.6 Å². The van der Waals surface area contributed by atoms with Gasteiger partial charge >= 0.3 is 18.3 Å². The first-order valence-corrected chi connectivity index (χ1v) is 12.4. The third-order valence-electron chi connectivity index (χ3n) is 3.99. The number of nitrogens with one attached hydrogen (secondary N) is 3. The lowest BCUT2D eigenvalue weighted by atomic mass is 10.1. The van der Waals surface area contributed by atoms with Gasteiger partial charge < -0.3 is 39.9 Å². The summed E-state index contributed by atoms with van der Waals surface area (Å²) in [7, 11) is 0. The van der Waals surface area contributed by atoms with Gasteiger partial charge in [-0.15, -0.1) is 0 Å². The molecule has 0 fully saturated rings. The highest BCUT2D eigenvalue weighted by molar-refractivity contribution is 7.80. The summed E-state index contributed by atoms with van der Waals surface area (Å²) in [6.45, 7) is 17.0. The fraction of sp³-hybridized carbons (Fsp3) is 0.792. The fourth-order valence-electron chi connectivity index (χ4n) is 2.65. The van der Waals surface area contributed by atoms with Crippen LogP contribution in [0.25, 0.3) is 0 Å². The van der Waals surface area contributed by atoms with E-state index in [0.717, 1.165) is 0 Å². The van der Waals surface area contributed by atoms with Crippen molar-refractivity contribution in [2.75, 3.05) is 26.2 Å². The zero-order valence-corrected chi connectivity index (χ0v) is 23.9. The monoisotopic (exact) mass is 532 g/mol. The van der Waals surface area contributed by atoms with E-state index in [1.807, 2.05) is 0 Å². The van der Waals surface area contributed by atoms with E-state index < -0.39 is 41.1 Å². The summed E-state index contributed by atoms with van der Waals surface area (Å²) >= 11 is 5.55. The van der Waals surface area contributed by atoms with Crippen molar-refractivity contribution in [2.45, 2.75) is 98.0 Å². The minimum Gasteiger partial charge on any atom is -0.444 e. The molecule has 0 aliphatic rings. The zero-order valence-electron chi connectivity index (χ0n) is 23.1. The van der Waals surface area contributed by atoms with Crippen LogP contribution in [0.15, 0.2) is 0 Å². The van der Waals surface area contributed by atoms with Crippen molar-refractivity contribution in [3.63, 3.8) is 0 Å². The smallest absolute Gasteiger partial charge is 0.408 e. The summed E-state index contributed by atoms with van der Waals surface area (Å²) in [5, 5.41) is 7.87. The first kappa shape index (κ1) is 33.4. The molecule has 0 aliphatic heterocycles. The van der Waals surface area contributed by atoms with Gasteiger partial charge in [0.15, 0.2) is 0 Å². The molecule has 0 aromatic heterocycles. The number of carbonyl (C=O) groups excluding carboxylic acids is 4. The van der Waals surface area contributed by atoms with Crippen LogP contribution in [0.2, 0.25) is 0 Å². The van der Waals surface area contributed by atoms with Crippen LogP contribution in [-0.4, -0.2) is 83.5 Å². The third-order valence-corrected chi connectivity index (χ3v) is 4.45. The van der Waals surface area contributed by atoms with E-state index in [1.165, 1.54) is 0 Å². The molecule has 0 aliphatic carbocycles. The number of aldehydes is 1. The molecule has 0 spiro atoms. The summed E-state index contributed by atoms with van der Waals surface area (Å²) in [6, 6.07) is -0.778. The Morgan fingerprint density at radius 2 is 1.17 bits per heavy atom. The molecule has 0 radical (unpaired) electrons. The van der Waals surface area contributed by atoms with E-state index in [0.29, 0.717) is 30.8 Å². The van der Waals surface area contributed by atoms with Crippen LogP contribution >= 0.6 is 12.2 Å². The second kappa shape index (κ2) is 14.8. The van der Waals surface area contributed by atoms with Crippen LogP contribution in [0.3, 0.4) is 0 Å². The minimum atomic E-state index is -0.778. The van der Waals surface area contributed by atoms with Crippen LogP contribution < -0.4 is 16.0 Å². The van der Waals surface area contributed by atoms with E-state index >= 15 is 0 Å². The zero-order chi connectivity index (χ0) is 28.2. The Morgan fingerprint density at radius 3 is 1.53 bits per heavy atom. The fourth-order valence-corrected chi connectivity index (χ4v) is 2.95. The quantitative estimate of drug-likeness (QED) is 0.207. The van der Waals surface area contributed by atoms with Gasteiger partial charge in [-0.25, -0.2) is 14.4 Å². The van der Waals surface area contributed by atoms with Gasteiger partial charge in [-0.3, -0.25) is 0 Å². The molecule has 0 heterocycles. The van der Waals surface area contributed by atoms with Gasteiger partial charge in [0.05, 0.1) is 11.0 Å². The molecule has 3 N–H and O–H groups in total. The molecule has 208 valence electrons. The largest absolute Gasteiger partial charge is 0.444 e. The molecule has 0 rings (SSSR count). The Hall–Kier alpha value is -2.63. The number of amides is 3. The molecule has 0 aromatic carbocycles. The van der Waals surface area contributed by atoms with Crippen LogP contribution in [0.5, 0.6) is 0 Å². The molecule has 1 atom stereocenters. The number of ether oxygens (including phenoxy) is 3. The van der Waals surface area contributed by atoms with E-state index in [4.69, 9.17) is 26.4 Å². The predicted molar refractivity (Wildman–Crippen MR) is 141 cm³/mol. The number of nitrogens with zero attached hydrogens (tertiary/aromatic N) is 1. The van der Waals surface area contributed by atoms with Gasteiger partial charge in [-0.2, -0.15) is 0 Å². The second-order valence-corrected chi connectivity index (χ2v) is 11.6. The Kier molecular flexibility index (Phi) is 13.7. The SMILES string of the molecule is CC(C)(C)OC(=O)NCCN(CCNC(=O)OC(C)(C)C)C(=S)CC[C@@H](C=O)NC(=O)OC(C)(C)C. The van der Waals surface area contributed by atoms with Crippen LogP contribution in [0.1, 0.15) is 75.2 Å². The molecule has 3 amide bonds. The molecule has 0 saturated heterocycles. The van der Waals surface area contributed by atoms with Crippen molar-refractivity contribution >= 4 is 41.8 Å². The van der Waals surface area contributed by atoms with Gasteiger partial charge in [0.2, 0.25) is 0 Å². The van der Waals surface area contributed by atoms with E-state index in [-0.39, 0.29) is 19.5 Å². The number of hydrogen-bond acceptors (Lipinski definition) is 8. The average Bonchev–Trinajstić information content (AvgIpc) is 2.65. The predicted octanol–water partition coefficient (Wildman–Crippen LogP) is 3.54. The standard InChI is InChI=1S/C24H44N4O7S/c1-22(2,3)33-19(30)25-12-14-28(15-13-26-20(31)34-23(4,5)6)18(36)11-10-17(16-29)27-21(32)35-24(7,8)9/h16-17H,10-15H2,1-9H3,(H,25,30)(H,26,31)(H,27,32)/t17-/m0/s1. The Labute approximate surface area is 220 Å². The van der Waals surface area contributed by atoms with Crippen molar-refractivity contribution in [3.05, 3.63) is 0 Å². The molecule has 11 nitrogen and oxygen atoms in total. The van der Waals surface area contributed by atoms with Crippen LogP contribution in [0.4, 0.5) is 14.4 Å². The van der Waals surface area contributed by atoms with Gasteiger partial charge in [0.25, 0.3) is 0 Å². The average molecular weight is 533 g/mol. The highest BCUT2D eigenvalue weighted by Crippen LogP contribution is 2.09. The molecular weight excluding hydrogens is 488 g/mol. The number of thiocarbonyl (C=S) groups is 1. The molecule has 0 bridgehead atoms. The Bertz CT molecular complexity index is 721. The summed E-state index contributed by atoms with van der Waals surface area (Å²) < 4.78 is 15.7. The van der Waals surface area contributed by atoms with E-state index in [2.05, 4.69) is 16.0 Å². The maximum Gasteiger partial charge on any atom is 0.408 e. The summed E-state index contributed by atoms with van der Waals surface area (Å²) in [5.41, 5.74) is -1.94. The van der Waals surface area contributed by atoms with Crippen molar-refractivity contribution in [2.24, 2.45) is 0 Å². The lowest BCUT2D eigenvalue weighted by Crippen LogP contribution is -2.44. The van der Waals surface area contributed by atoms with Crippen molar-refractivity contribution in [3.8, 4) is 0 Å². The number of hydrogen-bond donors (Lipinski definition) is 3. The van der Waals surface area contributed by atoms with E-state index in [9.17, 15) is 19.2 Å². The highest BCUT2D eigenvalue weighted by Gasteiger charge is 2.21. The molecular formula is C24H44N4O7S. The third kappa shape index (κ3) is 18.7. The number of rotatable bonds is 11. The summed E-state index contributed by atoms with van der Waals surface area (Å²) in [6.07, 6.45) is -0.591. The van der Waals surface area contributed by atoms with Gasteiger partial charge in [0.1, 0.15) is 23.1 Å². The number of alkyl carbamates (subject to hydrolysis) is 3. The second-order valence-electron chi connectivity index (χ2n) is 11.2. The van der Waals surface area contributed by atoms with Gasteiger partial charge in [-0.1, -0.05) is 12.2 Å². The lowest BCUT2D eigenvalue weighted by Gasteiger charge is -2.27.